The van der Waals surface area contributed by atoms with Gasteiger partial charge < -0.3 is 9.47 Å². The molecule has 1 atom stereocenters. The molecule has 2 rings (SSSR count). The molecular formula is C15H16ClNO3. The molecule has 0 bridgehead atoms. The van der Waals surface area contributed by atoms with Crippen molar-refractivity contribution in [3.05, 3.63) is 35.0 Å². The van der Waals surface area contributed by atoms with Crippen LogP contribution in [0.1, 0.15) is 24.8 Å². The van der Waals surface area contributed by atoms with Gasteiger partial charge in [-0.25, -0.2) is 4.98 Å². The molecule has 0 spiro atoms. The van der Waals surface area contributed by atoms with Crippen molar-refractivity contribution in [2.75, 3.05) is 14.2 Å². The number of nitrogens with zero attached hydrogens (tertiary/aromatic N) is 1. The van der Waals surface area contributed by atoms with Crippen LogP contribution in [0.2, 0.25) is 5.15 Å². The number of hydrogen-bond donors (Lipinski definition) is 0. The molecule has 0 radical (unpaired) electrons. The number of rotatable bonds is 4. The Labute approximate surface area is 122 Å². The van der Waals surface area contributed by atoms with E-state index in [-0.39, 0.29) is 18.3 Å². The zero-order valence-electron chi connectivity index (χ0n) is 11.6. The van der Waals surface area contributed by atoms with Gasteiger partial charge in [0.25, 0.3) is 0 Å². The van der Waals surface area contributed by atoms with Gasteiger partial charge >= 0.3 is 5.97 Å². The average Bonchev–Trinajstić information content (AvgIpc) is 2.45. The van der Waals surface area contributed by atoms with E-state index in [1.165, 1.54) is 7.11 Å². The van der Waals surface area contributed by atoms with E-state index >= 15 is 0 Å². The van der Waals surface area contributed by atoms with Gasteiger partial charge in [-0.15, -0.1) is 0 Å². The van der Waals surface area contributed by atoms with Gasteiger partial charge in [0.05, 0.1) is 26.2 Å². The number of aromatic nitrogens is 1. The van der Waals surface area contributed by atoms with E-state index in [1.54, 1.807) is 7.11 Å². The average molecular weight is 294 g/mol. The number of hydrogen-bond acceptors (Lipinski definition) is 4. The Balaban J connectivity index is 2.40. The lowest BCUT2D eigenvalue weighted by Gasteiger charge is -2.13. The van der Waals surface area contributed by atoms with Crippen molar-refractivity contribution in [3.8, 4) is 5.75 Å². The topological polar surface area (TPSA) is 48.4 Å². The summed E-state index contributed by atoms with van der Waals surface area (Å²) in [6, 6.07) is 7.58. The number of fused-ring (bicyclic) bond motifs is 1. The molecule has 0 saturated heterocycles. The lowest BCUT2D eigenvalue weighted by molar-refractivity contribution is -0.140. The summed E-state index contributed by atoms with van der Waals surface area (Å²) in [5, 5.41) is 1.36. The number of ether oxygens (including phenoxy) is 2. The first kappa shape index (κ1) is 14.6. The van der Waals surface area contributed by atoms with Crippen LogP contribution in [0, 0.1) is 0 Å². The monoisotopic (exact) mass is 293 g/mol. The van der Waals surface area contributed by atoms with Crippen LogP contribution in [0.5, 0.6) is 5.75 Å². The van der Waals surface area contributed by atoms with Crippen LogP contribution in [0.3, 0.4) is 0 Å². The van der Waals surface area contributed by atoms with Crippen LogP contribution < -0.4 is 4.74 Å². The SMILES string of the molecule is COC(=O)CC(C)c1cc2ccc(OC)cc2nc1Cl. The smallest absolute Gasteiger partial charge is 0.306 e. The second kappa shape index (κ2) is 6.09. The van der Waals surface area contributed by atoms with Crippen molar-refractivity contribution in [2.45, 2.75) is 19.3 Å². The highest BCUT2D eigenvalue weighted by atomic mass is 35.5. The lowest BCUT2D eigenvalue weighted by atomic mass is 9.98. The summed E-state index contributed by atoms with van der Waals surface area (Å²) < 4.78 is 9.84. The number of esters is 1. The molecule has 0 saturated carbocycles. The summed E-state index contributed by atoms with van der Waals surface area (Å²) in [5.74, 6) is 0.425. The number of benzene rings is 1. The summed E-state index contributed by atoms with van der Waals surface area (Å²) >= 11 is 6.22. The van der Waals surface area contributed by atoms with Crippen LogP contribution in [0.15, 0.2) is 24.3 Å². The second-order valence-corrected chi connectivity index (χ2v) is 4.97. The highest BCUT2D eigenvalue weighted by Gasteiger charge is 2.16. The van der Waals surface area contributed by atoms with Gasteiger partial charge in [-0.3, -0.25) is 4.79 Å². The van der Waals surface area contributed by atoms with Crippen LogP contribution >= 0.6 is 11.6 Å². The summed E-state index contributed by atoms with van der Waals surface area (Å²) in [7, 11) is 2.98. The molecule has 0 aliphatic heterocycles. The highest BCUT2D eigenvalue weighted by Crippen LogP contribution is 2.30. The molecule has 0 N–H and O–H groups in total. The van der Waals surface area contributed by atoms with E-state index in [2.05, 4.69) is 9.72 Å². The number of carbonyl (C=O) groups is 1. The van der Waals surface area contributed by atoms with E-state index in [1.807, 2.05) is 31.2 Å². The minimum absolute atomic E-state index is 0.0473. The minimum atomic E-state index is -0.261. The zero-order chi connectivity index (χ0) is 14.7. The first-order chi connectivity index (χ1) is 9.55. The maximum atomic E-state index is 11.4. The normalized spacial score (nSPS) is 12.2. The zero-order valence-corrected chi connectivity index (χ0v) is 12.4. The first-order valence-electron chi connectivity index (χ1n) is 6.26. The lowest BCUT2D eigenvalue weighted by Crippen LogP contribution is -2.07. The third-order valence-corrected chi connectivity index (χ3v) is 3.54. The van der Waals surface area contributed by atoms with E-state index in [0.717, 1.165) is 22.2 Å². The number of methoxy groups -OCH3 is 2. The molecule has 0 aliphatic carbocycles. The van der Waals surface area contributed by atoms with Gasteiger partial charge in [0.1, 0.15) is 10.9 Å². The minimum Gasteiger partial charge on any atom is -0.497 e. The molecule has 2 aromatic rings. The van der Waals surface area contributed by atoms with Crippen LogP contribution in [-0.4, -0.2) is 25.2 Å². The molecule has 1 heterocycles. The Morgan fingerprint density at radius 2 is 2.10 bits per heavy atom. The predicted molar refractivity (Wildman–Crippen MR) is 78.4 cm³/mol. The predicted octanol–water partition coefficient (Wildman–Crippen LogP) is 3.56. The number of halogens is 1. The van der Waals surface area contributed by atoms with Gasteiger partial charge in [-0.1, -0.05) is 18.5 Å². The fourth-order valence-electron chi connectivity index (χ4n) is 2.06. The standard InChI is InChI=1S/C15H16ClNO3/c1-9(6-14(18)20-3)12-7-10-4-5-11(19-2)8-13(10)17-15(12)16/h4-5,7-9H,6H2,1-3H3. The fourth-order valence-corrected chi connectivity index (χ4v) is 2.39. The van der Waals surface area contributed by atoms with Crippen molar-refractivity contribution in [2.24, 2.45) is 0 Å². The van der Waals surface area contributed by atoms with Crippen molar-refractivity contribution < 1.29 is 14.3 Å². The number of pyridine rings is 1. The van der Waals surface area contributed by atoms with Gasteiger partial charge in [0, 0.05) is 11.5 Å². The van der Waals surface area contributed by atoms with E-state index < -0.39 is 0 Å². The van der Waals surface area contributed by atoms with Crippen molar-refractivity contribution in [3.63, 3.8) is 0 Å². The summed E-state index contributed by atoms with van der Waals surface area (Å²) in [5.41, 5.74) is 1.61. The largest absolute Gasteiger partial charge is 0.497 e. The highest BCUT2D eigenvalue weighted by molar-refractivity contribution is 6.30. The van der Waals surface area contributed by atoms with E-state index in [4.69, 9.17) is 16.3 Å². The Morgan fingerprint density at radius 1 is 1.35 bits per heavy atom. The molecule has 5 heteroatoms. The molecule has 0 amide bonds. The molecule has 106 valence electrons. The van der Waals surface area contributed by atoms with Crippen LogP contribution in [-0.2, 0) is 9.53 Å². The molecule has 1 aromatic carbocycles. The van der Waals surface area contributed by atoms with Gasteiger partial charge in [-0.05, 0) is 29.7 Å². The maximum absolute atomic E-state index is 11.4. The molecule has 1 unspecified atom stereocenters. The van der Waals surface area contributed by atoms with Gasteiger partial charge in [-0.2, -0.15) is 0 Å². The van der Waals surface area contributed by atoms with Gasteiger partial charge in [0.2, 0.25) is 0 Å². The molecular weight excluding hydrogens is 278 g/mol. The Morgan fingerprint density at radius 3 is 2.75 bits per heavy atom. The van der Waals surface area contributed by atoms with Crippen LogP contribution in [0.4, 0.5) is 0 Å². The molecule has 1 aromatic heterocycles. The first-order valence-corrected chi connectivity index (χ1v) is 6.64. The van der Waals surface area contributed by atoms with Crippen molar-refractivity contribution in [1.82, 2.24) is 4.98 Å². The number of carbonyl (C=O) groups excluding carboxylic acids is 1. The quantitative estimate of drug-likeness (QED) is 0.639. The fraction of sp³-hybridized carbons (Fsp3) is 0.333. The Bertz CT molecular complexity index is 642. The van der Waals surface area contributed by atoms with Crippen molar-refractivity contribution >= 4 is 28.5 Å². The third kappa shape index (κ3) is 3.02. The molecule has 20 heavy (non-hydrogen) atoms. The van der Waals surface area contributed by atoms with Crippen LogP contribution in [0.25, 0.3) is 10.9 Å². The van der Waals surface area contributed by atoms with E-state index in [9.17, 15) is 4.79 Å². The Kier molecular flexibility index (Phi) is 4.45. The third-order valence-electron chi connectivity index (χ3n) is 3.24. The summed E-state index contributed by atoms with van der Waals surface area (Å²) in [6.45, 7) is 1.93. The molecule has 0 fully saturated rings. The maximum Gasteiger partial charge on any atom is 0.306 e. The summed E-state index contributed by atoms with van der Waals surface area (Å²) in [4.78, 5) is 15.7. The molecule has 0 aliphatic rings. The van der Waals surface area contributed by atoms with E-state index in [0.29, 0.717) is 5.15 Å². The van der Waals surface area contributed by atoms with Gasteiger partial charge in [0.15, 0.2) is 0 Å². The second-order valence-electron chi connectivity index (χ2n) is 4.61. The summed E-state index contributed by atoms with van der Waals surface area (Å²) in [6.07, 6.45) is 0.277. The Hall–Kier alpha value is -1.81. The van der Waals surface area contributed by atoms with Crippen molar-refractivity contribution in [1.29, 1.82) is 0 Å². The molecule has 4 nitrogen and oxygen atoms in total.